The number of hydrogen-bond donors (Lipinski definition) is 0. The van der Waals surface area contributed by atoms with E-state index in [2.05, 4.69) is 14.1 Å². The van der Waals surface area contributed by atoms with Crippen LogP contribution in [-0.2, 0) is 23.7 Å². The molecular weight excluding hydrogens is 443 g/mol. The van der Waals surface area contributed by atoms with Gasteiger partial charge in [0.05, 0.1) is 86.5 Å². The highest BCUT2D eigenvalue weighted by atomic mass is 127. The van der Waals surface area contributed by atoms with Crippen molar-refractivity contribution < 1.29 is 56.9 Å². The van der Waals surface area contributed by atoms with Crippen molar-refractivity contribution in [1.82, 2.24) is 4.90 Å². The maximum Gasteiger partial charge on any atom is 0.410 e. The molecule has 0 aromatic carbocycles. The standard InChI is InChI=1S/C16H33N2O6.HI/c1-18(2)6-4-17(5-7-18)16(19)24-15-14-23-13-12-22-11-10-21-9-8-20-3;/h4-15H2,1-3H3;1H/q+1;/p-1. The molecule has 1 amide bonds. The van der Waals surface area contributed by atoms with E-state index >= 15 is 0 Å². The molecule has 0 bridgehead atoms. The summed E-state index contributed by atoms with van der Waals surface area (Å²) in [7, 11) is 5.98. The molecule has 1 heterocycles. The second-order valence-corrected chi connectivity index (χ2v) is 6.31. The lowest BCUT2D eigenvalue weighted by atomic mass is 10.3. The molecule has 0 unspecified atom stereocenters. The molecule has 1 fully saturated rings. The Bertz CT molecular complexity index is 337. The van der Waals surface area contributed by atoms with Crippen LogP contribution < -0.4 is 24.0 Å². The van der Waals surface area contributed by atoms with Crippen LogP contribution in [0.5, 0.6) is 0 Å². The summed E-state index contributed by atoms with van der Waals surface area (Å²) in [5.74, 6) is 0. The lowest BCUT2D eigenvalue weighted by Gasteiger charge is -2.38. The lowest BCUT2D eigenvalue weighted by molar-refractivity contribution is -0.894. The highest BCUT2D eigenvalue weighted by Crippen LogP contribution is 2.07. The fraction of sp³-hybridized carbons (Fsp3) is 0.938. The summed E-state index contributed by atoms with van der Waals surface area (Å²) >= 11 is 0. The maximum atomic E-state index is 11.9. The van der Waals surface area contributed by atoms with Gasteiger partial charge in [-0.05, 0) is 0 Å². The van der Waals surface area contributed by atoms with Gasteiger partial charge in [-0.2, -0.15) is 0 Å². The third-order valence-corrected chi connectivity index (χ3v) is 3.84. The zero-order chi connectivity index (χ0) is 17.7. The summed E-state index contributed by atoms with van der Waals surface area (Å²) in [4.78, 5) is 13.6. The molecule has 0 saturated carbocycles. The molecular formula is C16H33IN2O6. The Morgan fingerprint density at radius 3 is 1.76 bits per heavy atom. The molecule has 8 nitrogen and oxygen atoms in total. The smallest absolute Gasteiger partial charge is 0.410 e. The number of hydrogen-bond acceptors (Lipinski definition) is 6. The van der Waals surface area contributed by atoms with Crippen LogP contribution in [0, 0.1) is 0 Å². The normalized spacial score (nSPS) is 16.4. The number of halogens is 1. The minimum absolute atomic E-state index is 0. The van der Waals surface area contributed by atoms with Crippen LogP contribution in [0.4, 0.5) is 4.79 Å². The first-order valence-electron chi connectivity index (χ1n) is 8.51. The average molecular weight is 476 g/mol. The van der Waals surface area contributed by atoms with Crippen molar-refractivity contribution in [3.63, 3.8) is 0 Å². The molecule has 0 aliphatic carbocycles. The Balaban J connectivity index is 0.00000576. The van der Waals surface area contributed by atoms with E-state index in [1.54, 1.807) is 12.0 Å². The molecule has 0 radical (unpaired) electrons. The van der Waals surface area contributed by atoms with Gasteiger partial charge < -0.3 is 52.1 Å². The highest BCUT2D eigenvalue weighted by molar-refractivity contribution is 5.67. The Morgan fingerprint density at radius 1 is 0.840 bits per heavy atom. The molecule has 150 valence electrons. The predicted molar refractivity (Wildman–Crippen MR) is 89.1 cm³/mol. The van der Waals surface area contributed by atoms with Crippen molar-refractivity contribution >= 4 is 6.09 Å². The molecule has 1 aliphatic rings. The molecule has 0 spiro atoms. The first kappa shape index (κ1) is 24.8. The van der Waals surface area contributed by atoms with Gasteiger partial charge in [0.2, 0.25) is 0 Å². The van der Waals surface area contributed by atoms with Crippen molar-refractivity contribution in [3.8, 4) is 0 Å². The Morgan fingerprint density at radius 2 is 1.28 bits per heavy atom. The van der Waals surface area contributed by atoms with Gasteiger partial charge in [0.1, 0.15) is 6.61 Å². The first-order valence-corrected chi connectivity index (χ1v) is 8.51. The fourth-order valence-corrected chi connectivity index (χ4v) is 2.15. The van der Waals surface area contributed by atoms with Crippen molar-refractivity contribution in [1.29, 1.82) is 0 Å². The quantitative estimate of drug-likeness (QED) is 0.173. The molecule has 0 aromatic heterocycles. The van der Waals surface area contributed by atoms with E-state index in [1.165, 1.54) is 0 Å². The number of nitrogens with zero attached hydrogens (tertiary/aromatic N) is 2. The van der Waals surface area contributed by atoms with Crippen LogP contribution in [0.1, 0.15) is 0 Å². The van der Waals surface area contributed by atoms with Crippen LogP contribution in [0.15, 0.2) is 0 Å². The Kier molecular flexibility index (Phi) is 14.8. The first-order chi connectivity index (χ1) is 11.5. The monoisotopic (exact) mass is 476 g/mol. The number of carbonyl (C=O) groups excluding carboxylic acids is 1. The molecule has 0 N–H and O–H groups in total. The van der Waals surface area contributed by atoms with E-state index in [-0.39, 0.29) is 36.7 Å². The largest absolute Gasteiger partial charge is 1.00 e. The van der Waals surface area contributed by atoms with Crippen molar-refractivity contribution in [2.75, 3.05) is 100 Å². The zero-order valence-corrected chi connectivity index (χ0v) is 17.9. The number of rotatable bonds is 12. The van der Waals surface area contributed by atoms with Crippen LogP contribution in [0.25, 0.3) is 0 Å². The van der Waals surface area contributed by atoms with Gasteiger partial charge >= 0.3 is 6.09 Å². The highest BCUT2D eigenvalue weighted by Gasteiger charge is 2.27. The van der Waals surface area contributed by atoms with Gasteiger partial charge in [-0.25, -0.2) is 4.79 Å². The zero-order valence-electron chi connectivity index (χ0n) is 15.7. The van der Waals surface area contributed by atoms with Crippen LogP contribution >= 0.6 is 0 Å². The van der Waals surface area contributed by atoms with Gasteiger partial charge in [0.25, 0.3) is 0 Å². The summed E-state index contributed by atoms with van der Waals surface area (Å²) < 4.78 is 27.0. The second kappa shape index (κ2) is 14.9. The number of quaternary nitrogens is 1. The average Bonchev–Trinajstić information content (AvgIpc) is 2.55. The van der Waals surface area contributed by atoms with Crippen LogP contribution in [0.2, 0.25) is 0 Å². The SMILES string of the molecule is COCCOCCOCCOCCOC(=O)N1CC[N+](C)(C)CC1.[I-]. The third-order valence-electron chi connectivity index (χ3n) is 3.84. The molecule has 1 rings (SSSR count). The van der Waals surface area contributed by atoms with Gasteiger partial charge in [-0.15, -0.1) is 0 Å². The number of amides is 1. The van der Waals surface area contributed by atoms with Gasteiger partial charge in [-0.3, -0.25) is 4.90 Å². The summed E-state index contributed by atoms with van der Waals surface area (Å²) in [6.45, 7) is 7.29. The van der Waals surface area contributed by atoms with E-state index in [9.17, 15) is 4.79 Å². The van der Waals surface area contributed by atoms with E-state index < -0.39 is 0 Å². The van der Waals surface area contributed by atoms with Gasteiger partial charge in [0.15, 0.2) is 0 Å². The number of piperazine rings is 1. The molecule has 0 atom stereocenters. The van der Waals surface area contributed by atoms with Gasteiger partial charge in [-0.1, -0.05) is 0 Å². The molecule has 1 saturated heterocycles. The van der Waals surface area contributed by atoms with E-state index in [0.717, 1.165) is 30.7 Å². The Labute approximate surface area is 168 Å². The van der Waals surface area contributed by atoms with E-state index in [1.807, 2.05) is 0 Å². The van der Waals surface area contributed by atoms with Crippen molar-refractivity contribution in [2.45, 2.75) is 0 Å². The number of methoxy groups -OCH3 is 1. The minimum Gasteiger partial charge on any atom is -1.00 e. The molecule has 25 heavy (non-hydrogen) atoms. The minimum atomic E-state index is -0.247. The fourth-order valence-electron chi connectivity index (χ4n) is 2.15. The maximum absolute atomic E-state index is 11.9. The molecule has 0 aromatic rings. The Hall–Kier alpha value is -0.200. The summed E-state index contributed by atoms with van der Waals surface area (Å²) in [6.07, 6.45) is -0.247. The summed E-state index contributed by atoms with van der Waals surface area (Å²) in [6, 6.07) is 0. The molecule has 9 heteroatoms. The van der Waals surface area contributed by atoms with E-state index in [0.29, 0.717) is 46.2 Å². The number of carbonyl (C=O) groups is 1. The lowest BCUT2D eigenvalue weighted by Crippen LogP contribution is -3.00. The van der Waals surface area contributed by atoms with Crippen molar-refractivity contribution in [3.05, 3.63) is 0 Å². The van der Waals surface area contributed by atoms with Crippen LogP contribution in [-0.4, -0.2) is 116 Å². The topological polar surface area (TPSA) is 66.5 Å². The third kappa shape index (κ3) is 12.7. The molecule has 1 aliphatic heterocycles. The summed E-state index contributed by atoms with van der Waals surface area (Å²) in [5, 5.41) is 0. The number of likely N-dealkylation sites (N-methyl/N-ethyl adjacent to an activating group) is 1. The summed E-state index contributed by atoms with van der Waals surface area (Å²) in [5.41, 5.74) is 0. The number of ether oxygens (including phenoxy) is 5. The van der Waals surface area contributed by atoms with E-state index in [4.69, 9.17) is 23.7 Å². The second-order valence-electron chi connectivity index (χ2n) is 6.31. The van der Waals surface area contributed by atoms with Crippen LogP contribution in [0.3, 0.4) is 0 Å². The van der Waals surface area contributed by atoms with Crippen molar-refractivity contribution in [2.24, 2.45) is 0 Å². The van der Waals surface area contributed by atoms with Gasteiger partial charge in [0, 0.05) is 7.11 Å². The predicted octanol–water partition coefficient (Wildman–Crippen LogP) is -2.78.